The first-order valence-electron chi connectivity index (χ1n) is 5.99. The molecule has 1 aliphatic rings. The summed E-state index contributed by atoms with van der Waals surface area (Å²) in [6.45, 7) is 4.55. The second-order valence-electron chi connectivity index (χ2n) is 4.44. The molecule has 0 radical (unpaired) electrons. The van der Waals surface area contributed by atoms with Gasteiger partial charge in [-0.1, -0.05) is 13.8 Å². The van der Waals surface area contributed by atoms with Crippen molar-refractivity contribution in [2.24, 2.45) is 0 Å². The lowest BCUT2D eigenvalue weighted by Gasteiger charge is -2.30. The summed E-state index contributed by atoms with van der Waals surface area (Å²) in [7, 11) is 0. The highest BCUT2D eigenvalue weighted by molar-refractivity contribution is 8.07. The summed E-state index contributed by atoms with van der Waals surface area (Å²) in [4.78, 5) is 15.1. The minimum Gasteiger partial charge on any atom is -0.481 e. The van der Waals surface area contributed by atoms with Crippen LogP contribution in [0.25, 0.3) is 0 Å². The standard InChI is InChI=1S/C12H17NO2S3/c1-7-8(2)18-10(6-16-7)12-13-9(5-17-12)3-4-11(14)15/h5,7-8,10H,3-4,6H2,1-2H3,(H,14,15). The molecule has 18 heavy (non-hydrogen) atoms. The fourth-order valence-corrected chi connectivity index (χ4v) is 5.80. The second-order valence-corrected chi connectivity index (χ2v) is 8.32. The van der Waals surface area contributed by atoms with Gasteiger partial charge in [0.15, 0.2) is 0 Å². The van der Waals surface area contributed by atoms with Crippen LogP contribution in [-0.2, 0) is 11.2 Å². The van der Waals surface area contributed by atoms with Gasteiger partial charge in [-0.2, -0.15) is 11.8 Å². The Morgan fingerprint density at radius 3 is 2.94 bits per heavy atom. The molecule has 1 saturated heterocycles. The Hall–Kier alpha value is -0.200. The SMILES string of the molecule is CC1SCC(c2nc(CCC(=O)O)cs2)SC1C. The van der Waals surface area contributed by atoms with Crippen molar-refractivity contribution in [1.29, 1.82) is 0 Å². The first-order chi connectivity index (χ1) is 8.56. The van der Waals surface area contributed by atoms with Gasteiger partial charge < -0.3 is 5.11 Å². The molecule has 0 aromatic carbocycles. The van der Waals surface area contributed by atoms with E-state index in [0.29, 0.717) is 22.2 Å². The van der Waals surface area contributed by atoms with Crippen LogP contribution >= 0.6 is 34.9 Å². The molecule has 0 spiro atoms. The van der Waals surface area contributed by atoms with Gasteiger partial charge in [-0.3, -0.25) is 4.79 Å². The number of hydrogen-bond acceptors (Lipinski definition) is 5. The highest BCUT2D eigenvalue weighted by Crippen LogP contribution is 2.44. The van der Waals surface area contributed by atoms with E-state index >= 15 is 0 Å². The topological polar surface area (TPSA) is 50.2 Å². The van der Waals surface area contributed by atoms with E-state index in [1.54, 1.807) is 11.3 Å². The van der Waals surface area contributed by atoms with Gasteiger partial charge in [0.1, 0.15) is 5.01 Å². The van der Waals surface area contributed by atoms with Gasteiger partial charge in [-0.05, 0) is 0 Å². The van der Waals surface area contributed by atoms with Gasteiger partial charge in [0.05, 0.1) is 17.4 Å². The van der Waals surface area contributed by atoms with Gasteiger partial charge in [0.25, 0.3) is 0 Å². The molecular weight excluding hydrogens is 286 g/mol. The van der Waals surface area contributed by atoms with E-state index in [1.165, 1.54) is 0 Å². The molecule has 1 N–H and O–H groups in total. The fraction of sp³-hybridized carbons (Fsp3) is 0.667. The van der Waals surface area contributed by atoms with Gasteiger partial charge in [-0.15, -0.1) is 23.1 Å². The number of thioether (sulfide) groups is 2. The fourth-order valence-electron chi connectivity index (χ4n) is 1.73. The van der Waals surface area contributed by atoms with Crippen LogP contribution in [0.2, 0.25) is 0 Å². The number of nitrogens with zero attached hydrogens (tertiary/aromatic N) is 1. The van der Waals surface area contributed by atoms with Gasteiger partial charge >= 0.3 is 5.97 Å². The van der Waals surface area contributed by atoms with Crippen LogP contribution in [0.1, 0.15) is 36.2 Å². The smallest absolute Gasteiger partial charge is 0.303 e. The number of aliphatic carboxylic acids is 1. The summed E-state index contributed by atoms with van der Waals surface area (Å²) >= 11 is 5.68. The first-order valence-corrected chi connectivity index (χ1v) is 8.86. The monoisotopic (exact) mass is 303 g/mol. The maximum Gasteiger partial charge on any atom is 0.303 e. The molecule has 0 bridgehead atoms. The lowest BCUT2D eigenvalue weighted by atomic mass is 10.2. The third-order valence-electron chi connectivity index (χ3n) is 2.99. The van der Waals surface area contributed by atoms with Crippen LogP contribution in [0.4, 0.5) is 0 Å². The number of aromatic nitrogens is 1. The van der Waals surface area contributed by atoms with E-state index in [4.69, 9.17) is 5.11 Å². The molecule has 2 rings (SSSR count). The minimum absolute atomic E-state index is 0.170. The summed E-state index contributed by atoms with van der Waals surface area (Å²) in [5, 5.41) is 13.7. The van der Waals surface area contributed by atoms with Crippen molar-refractivity contribution in [3.63, 3.8) is 0 Å². The zero-order valence-corrected chi connectivity index (χ0v) is 12.9. The second kappa shape index (κ2) is 6.30. The Morgan fingerprint density at radius 1 is 1.50 bits per heavy atom. The Bertz CT molecular complexity index is 421. The molecule has 1 aromatic heterocycles. The molecule has 1 fully saturated rings. The van der Waals surface area contributed by atoms with Gasteiger partial charge in [0.2, 0.25) is 0 Å². The number of carboxylic acid groups (broad SMARTS) is 1. The van der Waals surface area contributed by atoms with Gasteiger partial charge in [-0.25, -0.2) is 4.98 Å². The molecule has 1 aliphatic heterocycles. The quantitative estimate of drug-likeness (QED) is 0.923. The molecule has 1 aromatic rings. The summed E-state index contributed by atoms with van der Waals surface area (Å²) in [5.74, 6) is 0.358. The number of carbonyl (C=O) groups is 1. The molecule has 3 nitrogen and oxygen atoms in total. The summed E-state index contributed by atoms with van der Waals surface area (Å²) < 4.78 is 0. The predicted molar refractivity (Wildman–Crippen MR) is 79.8 cm³/mol. The Labute approximate surface area is 120 Å². The van der Waals surface area contributed by atoms with Crippen LogP contribution in [0, 0.1) is 0 Å². The third kappa shape index (κ3) is 3.65. The van der Waals surface area contributed by atoms with Crippen LogP contribution < -0.4 is 0 Å². The number of aryl methyl sites for hydroxylation is 1. The number of rotatable bonds is 4. The van der Waals surface area contributed by atoms with E-state index < -0.39 is 5.97 Å². The number of carboxylic acids is 1. The van der Waals surface area contributed by atoms with Crippen molar-refractivity contribution >= 4 is 40.8 Å². The van der Waals surface area contributed by atoms with Crippen LogP contribution in [0.5, 0.6) is 0 Å². The minimum atomic E-state index is -0.755. The van der Waals surface area contributed by atoms with Gasteiger partial charge in [0, 0.05) is 28.1 Å². The Morgan fingerprint density at radius 2 is 2.28 bits per heavy atom. The van der Waals surface area contributed by atoms with Crippen LogP contribution in [0.15, 0.2) is 5.38 Å². The van der Waals surface area contributed by atoms with Crippen molar-refractivity contribution in [3.05, 3.63) is 16.1 Å². The zero-order chi connectivity index (χ0) is 13.1. The van der Waals surface area contributed by atoms with E-state index in [2.05, 4.69) is 18.8 Å². The molecule has 0 saturated carbocycles. The number of thiazole rings is 1. The molecule has 0 aliphatic carbocycles. The van der Waals surface area contributed by atoms with Crippen molar-refractivity contribution < 1.29 is 9.90 Å². The van der Waals surface area contributed by atoms with E-state index in [1.807, 2.05) is 28.9 Å². The molecule has 0 amide bonds. The largest absolute Gasteiger partial charge is 0.481 e. The predicted octanol–water partition coefficient (Wildman–Crippen LogP) is 3.46. The average Bonchev–Trinajstić information content (AvgIpc) is 2.79. The normalized spacial score (nSPS) is 28.2. The van der Waals surface area contributed by atoms with Crippen molar-refractivity contribution in [3.8, 4) is 0 Å². The highest BCUT2D eigenvalue weighted by Gasteiger charge is 2.28. The molecule has 3 atom stereocenters. The maximum atomic E-state index is 10.5. The summed E-state index contributed by atoms with van der Waals surface area (Å²) in [6.07, 6.45) is 0.714. The zero-order valence-electron chi connectivity index (χ0n) is 10.5. The summed E-state index contributed by atoms with van der Waals surface area (Å²) in [6, 6.07) is 0. The van der Waals surface area contributed by atoms with E-state index in [0.717, 1.165) is 16.5 Å². The Balaban J connectivity index is 1.95. The lowest BCUT2D eigenvalue weighted by Crippen LogP contribution is -2.21. The highest BCUT2D eigenvalue weighted by atomic mass is 32.2. The van der Waals surface area contributed by atoms with Crippen molar-refractivity contribution in [2.45, 2.75) is 42.4 Å². The molecule has 3 unspecified atom stereocenters. The molecule has 100 valence electrons. The van der Waals surface area contributed by atoms with Crippen LogP contribution in [0.3, 0.4) is 0 Å². The van der Waals surface area contributed by atoms with Crippen molar-refractivity contribution in [2.75, 3.05) is 5.75 Å². The van der Waals surface area contributed by atoms with E-state index in [9.17, 15) is 4.79 Å². The van der Waals surface area contributed by atoms with Crippen molar-refractivity contribution in [1.82, 2.24) is 4.98 Å². The molecule has 6 heteroatoms. The lowest BCUT2D eigenvalue weighted by molar-refractivity contribution is -0.136. The van der Waals surface area contributed by atoms with E-state index in [-0.39, 0.29) is 6.42 Å². The maximum absolute atomic E-state index is 10.5. The first kappa shape index (κ1) is 14.2. The molecule has 2 heterocycles. The summed E-state index contributed by atoms with van der Waals surface area (Å²) in [5.41, 5.74) is 0.925. The third-order valence-corrected chi connectivity index (χ3v) is 7.55. The number of hydrogen-bond donors (Lipinski definition) is 1. The van der Waals surface area contributed by atoms with Crippen LogP contribution in [-0.4, -0.2) is 32.3 Å². The molecular formula is C12H17NO2S3. The Kier molecular flexibility index (Phi) is 4.98. The average molecular weight is 303 g/mol.